The van der Waals surface area contributed by atoms with E-state index in [2.05, 4.69) is 15.3 Å². The number of benzene rings is 2. The fourth-order valence-electron chi connectivity index (χ4n) is 2.18. The Morgan fingerprint density at radius 2 is 1.76 bits per heavy atom. The van der Waals surface area contributed by atoms with Crippen LogP contribution in [0.2, 0.25) is 0 Å². The van der Waals surface area contributed by atoms with Gasteiger partial charge in [-0.25, -0.2) is 4.79 Å². The Morgan fingerprint density at radius 3 is 2.52 bits per heavy atom. The Morgan fingerprint density at radius 1 is 1.05 bits per heavy atom. The summed E-state index contributed by atoms with van der Waals surface area (Å²) >= 11 is 0. The van der Waals surface area contributed by atoms with Gasteiger partial charge in [0.25, 0.3) is 5.91 Å². The van der Waals surface area contributed by atoms with Crippen LogP contribution in [0.1, 0.15) is 21.5 Å². The van der Waals surface area contributed by atoms with E-state index in [4.69, 9.17) is 0 Å². The number of fused-ring (bicyclic) bond motifs is 1. The maximum absolute atomic E-state index is 12.0. The highest BCUT2D eigenvalue weighted by molar-refractivity contribution is 5.94. The van der Waals surface area contributed by atoms with E-state index in [-0.39, 0.29) is 11.6 Å². The summed E-state index contributed by atoms with van der Waals surface area (Å²) in [6, 6.07) is 13.0. The van der Waals surface area contributed by atoms with Crippen molar-refractivity contribution in [3.63, 3.8) is 0 Å². The Balaban J connectivity index is 1.72. The molecule has 0 unspecified atom stereocenters. The van der Waals surface area contributed by atoms with Gasteiger partial charge in [-0.15, -0.1) is 0 Å². The number of hydrogen-bond acceptors (Lipinski definition) is 2. The highest BCUT2D eigenvalue weighted by atomic mass is 16.1. The summed E-state index contributed by atoms with van der Waals surface area (Å²) < 4.78 is 0. The zero-order chi connectivity index (χ0) is 14.8. The Labute approximate surface area is 121 Å². The lowest BCUT2D eigenvalue weighted by atomic mass is 10.1. The number of carbonyl (C=O) groups excluding carboxylic acids is 1. The van der Waals surface area contributed by atoms with Crippen molar-refractivity contribution in [1.29, 1.82) is 0 Å². The van der Waals surface area contributed by atoms with E-state index >= 15 is 0 Å². The molecule has 0 aliphatic heterocycles. The largest absolute Gasteiger partial charge is 0.348 e. The third-order valence-corrected chi connectivity index (χ3v) is 3.35. The standard InChI is InChI=1S/C16H15N3O2/c1-10-2-5-12(6-3-10)15(20)17-9-11-4-7-13-14(8-11)19-16(21)18-13/h2-8H,9H2,1H3,(H,17,20)(H2,18,19,21). The molecule has 0 aliphatic carbocycles. The second kappa shape index (κ2) is 5.28. The first-order chi connectivity index (χ1) is 10.1. The van der Waals surface area contributed by atoms with Crippen molar-refractivity contribution in [2.24, 2.45) is 0 Å². The first-order valence-corrected chi connectivity index (χ1v) is 6.67. The molecule has 3 aromatic rings. The predicted molar refractivity (Wildman–Crippen MR) is 81.3 cm³/mol. The van der Waals surface area contributed by atoms with Crippen molar-refractivity contribution < 1.29 is 4.79 Å². The van der Waals surface area contributed by atoms with Crippen LogP contribution in [0.5, 0.6) is 0 Å². The van der Waals surface area contributed by atoms with Gasteiger partial charge >= 0.3 is 5.69 Å². The summed E-state index contributed by atoms with van der Waals surface area (Å²) in [5.74, 6) is -0.113. The number of hydrogen-bond donors (Lipinski definition) is 3. The fourth-order valence-corrected chi connectivity index (χ4v) is 2.18. The molecule has 5 nitrogen and oxygen atoms in total. The molecule has 3 N–H and O–H groups in total. The van der Waals surface area contributed by atoms with E-state index in [9.17, 15) is 9.59 Å². The van der Waals surface area contributed by atoms with Gasteiger partial charge in [-0.1, -0.05) is 23.8 Å². The number of amides is 1. The third kappa shape index (κ3) is 2.86. The zero-order valence-electron chi connectivity index (χ0n) is 11.6. The lowest BCUT2D eigenvalue weighted by Crippen LogP contribution is -2.22. The smallest absolute Gasteiger partial charge is 0.323 e. The lowest BCUT2D eigenvalue weighted by Gasteiger charge is -2.06. The first-order valence-electron chi connectivity index (χ1n) is 6.67. The topological polar surface area (TPSA) is 77.8 Å². The van der Waals surface area contributed by atoms with Crippen LogP contribution in [-0.2, 0) is 6.54 Å². The summed E-state index contributed by atoms with van der Waals surface area (Å²) in [4.78, 5) is 28.6. The molecule has 5 heteroatoms. The summed E-state index contributed by atoms with van der Waals surface area (Å²) in [7, 11) is 0. The van der Waals surface area contributed by atoms with Gasteiger partial charge in [0.1, 0.15) is 0 Å². The van der Waals surface area contributed by atoms with Gasteiger partial charge in [-0.3, -0.25) is 4.79 Å². The molecule has 106 valence electrons. The minimum Gasteiger partial charge on any atom is -0.348 e. The Kier molecular flexibility index (Phi) is 3.31. The van der Waals surface area contributed by atoms with Gasteiger partial charge < -0.3 is 15.3 Å². The Bertz CT molecular complexity index is 844. The molecule has 1 amide bonds. The van der Waals surface area contributed by atoms with Gasteiger partial charge in [0.2, 0.25) is 0 Å². The molecule has 0 spiro atoms. The molecule has 1 aromatic heterocycles. The van der Waals surface area contributed by atoms with Crippen molar-refractivity contribution in [2.45, 2.75) is 13.5 Å². The number of H-pyrrole nitrogens is 2. The van der Waals surface area contributed by atoms with Crippen LogP contribution in [0.25, 0.3) is 11.0 Å². The zero-order valence-corrected chi connectivity index (χ0v) is 11.6. The van der Waals surface area contributed by atoms with Crippen LogP contribution in [-0.4, -0.2) is 15.9 Å². The molecule has 0 saturated carbocycles. The van der Waals surface area contributed by atoms with E-state index < -0.39 is 0 Å². The molecule has 0 fully saturated rings. The van der Waals surface area contributed by atoms with Crippen LogP contribution in [0.3, 0.4) is 0 Å². The first kappa shape index (κ1) is 13.2. The number of carbonyl (C=O) groups is 1. The molecular formula is C16H15N3O2. The normalized spacial score (nSPS) is 10.7. The SMILES string of the molecule is Cc1ccc(C(=O)NCc2ccc3[nH]c(=O)[nH]c3c2)cc1. The van der Waals surface area contributed by atoms with E-state index in [0.717, 1.165) is 22.2 Å². The number of aromatic nitrogens is 2. The maximum atomic E-state index is 12.0. The highest BCUT2D eigenvalue weighted by Gasteiger charge is 2.05. The van der Waals surface area contributed by atoms with Crippen molar-refractivity contribution >= 4 is 16.9 Å². The van der Waals surface area contributed by atoms with Gasteiger partial charge in [-0.2, -0.15) is 0 Å². The number of aromatic amines is 2. The number of aryl methyl sites for hydroxylation is 1. The fraction of sp³-hybridized carbons (Fsp3) is 0.125. The van der Waals surface area contributed by atoms with Gasteiger partial charge in [0, 0.05) is 12.1 Å². The van der Waals surface area contributed by atoms with E-state index in [0.29, 0.717) is 12.1 Å². The van der Waals surface area contributed by atoms with Crippen LogP contribution in [0.4, 0.5) is 0 Å². The van der Waals surface area contributed by atoms with E-state index in [1.165, 1.54) is 0 Å². The summed E-state index contributed by atoms with van der Waals surface area (Å²) in [5, 5.41) is 2.87. The average Bonchev–Trinajstić information content (AvgIpc) is 2.84. The molecule has 0 radical (unpaired) electrons. The predicted octanol–water partition coefficient (Wildman–Crippen LogP) is 2.09. The highest BCUT2D eigenvalue weighted by Crippen LogP contribution is 2.10. The van der Waals surface area contributed by atoms with Crippen molar-refractivity contribution in [3.8, 4) is 0 Å². The molecule has 0 aliphatic rings. The van der Waals surface area contributed by atoms with Gasteiger partial charge in [0.15, 0.2) is 0 Å². The van der Waals surface area contributed by atoms with Crippen LogP contribution in [0, 0.1) is 6.92 Å². The summed E-state index contributed by atoms with van der Waals surface area (Å²) in [6.45, 7) is 2.39. The number of imidazole rings is 1. The number of nitrogens with one attached hydrogen (secondary N) is 3. The van der Waals surface area contributed by atoms with Crippen LogP contribution in [0.15, 0.2) is 47.3 Å². The monoisotopic (exact) mass is 281 g/mol. The van der Waals surface area contributed by atoms with Crippen molar-refractivity contribution in [1.82, 2.24) is 15.3 Å². The number of rotatable bonds is 3. The van der Waals surface area contributed by atoms with Crippen LogP contribution >= 0.6 is 0 Å². The quantitative estimate of drug-likeness (QED) is 0.687. The summed E-state index contributed by atoms with van der Waals surface area (Å²) in [5.41, 5.74) is 3.95. The second-order valence-corrected chi connectivity index (χ2v) is 5.01. The van der Waals surface area contributed by atoms with E-state index in [1.54, 1.807) is 12.1 Å². The molecule has 2 aromatic carbocycles. The van der Waals surface area contributed by atoms with Crippen molar-refractivity contribution in [2.75, 3.05) is 0 Å². The molecule has 21 heavy (non-hydrogen) atoms. The molecular weight excluding hydrogens is 266 g/mol. The lowest BCUT2D eigenvalue weighted by molar-refractivity contribution is 0.0951. The average molecular weight is 281 g/mol. The molecule has 0 bridgehead atoms. The molecule has 0 saturated heterocycles. The second-order valence-electron chi connectivity index (χ2n) is 5.01. The minimum atomic E-state index is -0.231. The van der Waals surface area contributed by atoms with Gasteiger partial charge in [-0.05, 0) is 36.8 Å². The van der Waals surface area contributed by atoms with Crippen molar-refractivity contribution in [3.05, 3.63) is 69.6 Å². The molecule has 0 atom stereocenters. The Hall–Kier alpha value is -2.82. The third-order valence-electron chi connectivity index (χ3n) is 3.35. The van der Waals surface area contributed by atoms with Gasteiger partial charge in [0.05, 0.1) is 11.0 Å². The molecule has 3 rings (SSSR count). The van der Waals surface area contributed by atoms with E-state index in [1.807, 2.05) is 37.3 Å². The molecule has 1 heterocycles. The maximum Gasteiger partial charge on any atom is 0.323 e. The summed E-state index contributed by atoms with van der Waals surface area (Å²) in [6.07, 6.45) is 0. The minimum absolute atomic E-state index is 0.113. The van der Waals surface area contributed by atoms with Crippen LogP contribution < -0.4 is 11.0 Å².